The first-order valence-electron chi connectivity index (χ1n) is 7.45. The van der Waals surface area contributed by atoms with Crippen LogP contribution in [0.25, 0.3) is 0 Å². The second kappa shape index (κ2) is 10.9. The van der Waals surface area contributed by atoms with E-state index in [0.717, 1.165) is 11.3 Å². The molecule has 128 valence electrons. The number of thiol groups is 1. The minimum atomic E-state index is 0.178. The van der Waals surface area contributed by atoms with Crippen molar-refractivity contribution >= 4 is 39.6 Å². The van der Waals surface area contributed by atoms with E-state index in [2.05, 4.69) is 33.1 Å². The molecule has 3 N–H and O–H groups in total. The number of aliphatic hydroxyl groups excluding tert-OH is 1. The SMILES string of the molecule is CCCSS.Cc1ncc(C[n+]2csc(CCO)c2C)c(N)n1. The van der Waals surface area contributed by atoms with Gasteiger partial charge in [-0.3, -0.25) is 0 Å². The number of nitrogens with two attached hydrogens (primary N) is 1. The lowest BCUT2D eigenvalue weighted by molar-refractivity contribution is -0.689. The zero-order valence-electron chi connectivity index (χ0n) is 13.8. The Morgan fingerprint density at radius 1 is 1.43 bits per heavy atom. The van der Waals surface area contributed by atoms with Crippen LogP contribution in [-0.4, -0.2) is 27.4 Å². The Hall–Kier alpha value is -0.830. The number of aliphatic hydroxyl groups is 1. The van der Waals surface area contributed by atoms with Gasteiger partial charge in [-0.05, 0) is 13.3 Å². The average molecular weight is 374 g/mol. The number of anilines is 1. The number of rotatable bonds is 6. The minimum Gasteiger partial charge on any atom is -0.396 e. The number of aryl methyl sites for hydroxylation is 1. The third-order valence-corrected chi connectivity index (χ3v) is 5.43. The summed E-state index contributed by atoms with van der Waals surface area (Å²) in [7, 11) is 1.60. The molecule has 0 radical (unpaired) electrons. The molecule has 0 saturated heterocycles. The Morgan fingerprint density at radius 3 is 2.70 bits per heavy atom. The lowest BCUT2D eigenvalue weighted by atomic mass is 10.2. The third kappa shape index (κ3) is 6.66. The number of nitrogen functional groups attached to an aromatic ring is 1. The molecule has 0 aliphatic heterocycles. The van der Waals surface area contributed by atoms with Crippen LogP contribution in [0.15, 0.2) is 11.7 Å². The summed E-state index contributed by atoms with van der Waals surface area (Å²) in [5, 5.41) is 8.98. The molecule has 23 heavy (non-hydrogen) atoms. The topological polar surface area (TPSA) is 75.9 Å². The van der Waals surface area contributed by atoms with Crippen molar-refractivity contribution < 1.29 is 9.67 Å². The Morgan fingerprint density at radius 2 is 2.17 bits per heavy atom. The van der Waals surface area contributed by atoms with E-state index in [9.17, 15) is 0 Å². The van der Waals surface area contributed by atoms with Gasteiger partial charge in [0.15, 0.2) is 12.2 Å². The molecular formula is C15H25N4OS3+. The van der Waals surface area contributed by atoms with Crippen LogP contribution in [0.3, 0.4) is 0 Å². The summed E-state index contributed by atoms with van der Waals surface area (Å²) in [6.07, 6.45) is 3.70. The van der Waals surface area contributed by atoms with Crippen LogP contribution in [-0.2, 0) is 13.0 Å². The number of aromatic nitrogens is 3. The smallest absolute Gasteiger partial charge is 0.225 e. The molecule has 0 bridgehead atoms. The molecule has 0 aromatic carbocycles. The number of hydrogen-bond donors (Lipinski definition) is 3. The first-order valence-corrected chi connectivity index (χ1v) is 10.4. The summed E-state index contributed by atoms with van der Waals surface area (Å²) in [5.74, 6) is 2.39. The van der Waals surface area contributed by atoms with Gasteiger partial charge in [-0.1, -0.05) is 29.1 Å². The molecule has 0 spiro atoms. The molecule has 0 atom stereocenters. The van der Waals surface area contributed by atoms with Gasteiger partial charge in [-0.2, -0.15) is 4.57 Å². The molecule has 0 aliphatic rings. The molecule has 2 heterocycles. The van der Waals surface area contributed by atoms with Crippen molar-refractivity contribution in [2.75, 3.05) is 18.1 Å². The van der Waals surface area contributed by atoms with E-state index in [1.165, 1.54) is 17.1 Å². The van der Waals surface area contributed by atoms with Gasteiger partial charge < -0.3 is 10.8 Å². The van der Waals surface area contributed by atoms with E-state index in [-0.39, 0.29) is 6.61 Å². The van der Waals surface area contributed by atoms with Gasteiger partial charge in [0.1, 0.15) is 11.6 Å². The highest BCUT2D eigenvalue weighted by Crippen LogP contribution is 2.13. The summed E-state index contributed by atoms with van der Waals surface area (Å²) >= 11 is 5.57. The molecule has 2 aromatic heterocycles. The lowest BCUT2D eigenvalue weighted by Gasteiger charge is -2.01. The summed E-state index contributed by atoms with van der Waals surface area (Å²) < 4.78 is 2.11. The summed E-state index contributed by atoms with van der Waals surface area (Å²) in [6, 6.07) is 0. The lowest BCUT2D eigenvalue weighted by Crippen LogP contribution is -2.35. The van der Waals surface area contributed by atoms with E-state index < -0.39 is 0 Å². The molecule has 0 amide bonds. The van der Waals surface area contributed by atoms with Crippen LogP contribution < -0.4 is 10.3 Å². The largest absolute Gasteiger partial charge is 0.396 e. The average Bonchev–Trinajstić information content (AvgIpc) is 2.85. The number of hydrogen-bond acceptors (Lipinski definition) is 7. The molecule has 2 rings (SSSR count). The van der Waals surface area contributed by atoms with Gasteiger partial charge in [0.05, 0.1) is 10.4 Å². The highest BCUT2D eigenvalue weighted by Gasteiger charge is 2.16. The van der Waals surface area contributed by atoms with Gasteiger partial charge in [-0.15, -0.1) is 11.7 Å². The van der Waals surface area contributed by atoms with E-state index in [4.69, 9.17) is 10.8 Å². The predicted molar refractivity (Wildman–Crippen MR) is 102 cm³/mol. The monoisotopic (exact) mass is 373 g/mol. The highest BCUT2D eigenvalue weighted by atomic mass is 33.1. The van der Waals surface area contributed by atoms with Crippen molar-refractivity contribution in [3.8, 4) is 0 Å². The van der Waals surface area contributed by atoms with Gasteiger partial charge in [-0.25, -0.2) is 9.97 Å². The summed E-state index contributed by atoms with van der Waals surface area (Å²) in [6.45, 7) is 6.86. The quantitative estimate of drug-likeness (QED) is 0.412. The Balaban J connectivity index is 0.000000463. The molecule has 2 aromatic rings. The van der Waals surface area contributed by atoms with Gasteiger partial charge in [0.2, 0.25) is 5.51 Å². The van der Waals surface area contributed by atoms with E-state index in [1.807, 2.05) is 19.4 Å². The molecule has 5 nitrogen and oxygen atoms in total. The predicted octanol–water partition coefficient (Wildman–Crippen LogP) is 2.58. The van der Waals surface area contributed by atoms with Crippen molar-refractivity contribution in [1.82, 2.24) is 9.97 Å². The van der Waals surface area contributed by atoms with E-state index >= 15 is 0 Å². The van der Waals surface area contributed by atoms with Crippen molar-refractivity contribution in [2.45, 2.75) is 40.2 Å². The Bertz CT molecular complexity index is 602. The Kier molecular flexibility index (Phi) is 9.54. The standard InChI is InChI=1S/C12H17N4OS.C3H8S2/c1-8-11(3-4-17)18-7-16(8)6-10-5-14-9(2)15-12(10)13;1-2-3-5-4/h5,7,17H,3-4,6H2,1-2H3,(H2,13,14,15);4H,2-3H2,1H3/q+1;. The first-order chi connectivity index (χ1) is 11.0. The van der Waals surface area contributed by atoms with Gasteiger partial charge >= 0.3 is 0 Å². The number of nitrogens with zero attached hydrogens (tertiary/aromatic N) is 3. The Labute approximate surface area is 151 Å². The fourth-order valence-corrected chi connectivity index (χ4v) is 3.57. The van der Waals surface area contributed by atoms with Crippen LogP contribution in [0.1, 0.15) is 35.3 Å². The number of thiazole rings is 1. The van der Waals surface area contributed by atoms with Crippen molar-refractivity contribution in [2.24, 2.45) is 0 Å². The maximum atomic E-state index is 8.98. The van der Waals surface area contributed by atoms with Crippen LogP contribution in [0, 0.1) is 13.8 Å². The van der Waals surface area contributed by atoms with Gasteiger partial charge in [0.25, 0.3) is 0 Å². The highest BCUT2D eigenvalue weighted by molar-refractivity contribution is 8.68. The molecule has 0 aliphatic carbocycles. The summed E-state index contributed by atoms with van der Waals surface area (Å²) in [5.41, 5.74) is 10.0. The van der Waals surface area contributed by atoms with Crippen LogP contribution in [0.4, 0.5) is 5.82 Å². The molecule has 0 fully saturated rings. The maximum absolute atomic E-state index is 8.98. The van der Waals surface area contributed by atoms with E-state index in [1.54, 1.807) is 28.3 Å². The minimum absolute atomic E-state index is 0.178. The van der Waals surface area contributed by atoms with Crippen LogP contribution >= 0.6 is 33.8 Å². The fourth-order valence-electron chi connectivity index (χ4n) is 1.86. The van der Waals surface area contributed by atoms with Gasteiger partial charge in [0, 0.05) is 31.9 Å². The van der Waals surface area contributed by atoms with Crippen molar-refractivity contribution in [3.05, 3.63) is 33.7 Å². The fraction of sp³-hybridized carbons (Fsp3) is 0.533. The maximum Gasteiger partial charge on any atom is 0.225 e. The van der Waals surface area contributed by atoms with Crippen molar-refractivity contribution in [1.29, 1.82) is 0 Å². The first kappa shape index (κ1) is 20.2. The zero-order chi connectivity index (χ0) is 17.2. The van der Waals surface area contributed by atoms with Crippen LogP contribution in [0.2, 0.25) is 0 Å². The molecule has 8 heteroatoms. The normalized spacial score (nSPS) is 10.3. The van der Waals surface area contributed by atoms with Crippen LogP contribution in [0.5, 0.6) is 0 Å². The molecular weight excluding hydrogens is 348 g/mol. The molecule has 0 unspecified atom stereocenters. The van der Waals surface area contributed by atoms with Crippen molar-refractivity contribution in [3.63, 3.8) is 0 Å². The summed E-state index contributed by atoms with van der Waals surface area (Å²) in [4.78, 5) is 9.53. The molecule has 0 saturated carbocycles. The zero-order valence-corrected chi connectivity index (χ0v) is 16.3. The second-order valence-corrected chi connectivity index (χ2v) is 7.37. The third-order valence-electron chi connectivity index (χ3n) is 3.15. The van der Waals surface area contributed by atoms with E-state index in [0.29, 0.717) is 24.6 Å². The second-order valence-electron chi connectivity index (χ2n) is 4.99.